The highest BCUT2D eigenvalue weighted by Gasteiger charge is 2.33. The van der Waals surface area contributed by atoms with Crippen LogP contribution < -0.4 is 0 Å². The lowest BCUT2D eigenvalue weighted by Crippen LogP contribution is -2.04. The summed E-state index contributed by atoms with van der Waals surface area (Å²) in [5, 5.41) is 9.44. The number of H-pyrrole nitrogens is 1. The van der Waals surface area contributed by atoms with Crippen molar-refractivity contribution in [1.82, 2.24) is 4.98 Å². The van der Waals surface area contributed by atoms with Crippen LogP contribution in [0.5, 0.6) is 0 Å². The molecule has 2 nitrogen and oxygen atoms in total. The minimum absolute atomic E-state index is 0.0409. The van der Waals surface area contributed by atoms with Crippen molar-refractivity contribution in [3.05, 3.63) is 45.6 Å². The molecule has 1 aromatic carbocycles. The summed E-state index contributed by atoms with van der Waals surface area (Å²) in [5.74, 6) is 0. The van der Waals surface area contributed by atoms with Gasteiger partial charge in [-0.05, 0) is 24.3 Å². The van der Waals surface area contributed by atoms with Gasteiger partial charge in [-0.2, -0.15) is 18.4 Å². The predicted molar refractivity (Wildman–Crippen MR) is 66.0 cm³/mol. The van der Waals surface area contributed by atoms with E-state index in [1.54, 1.807) is 6.07 Å². The highest BCUT2D eigenvalue weighted by Crippen LogP contribution is 2.34. The smallest absolute Gasteiger partial charge is 0.350 e. The number of alkyl halides is 3. The van der Waals surface area contributed by atoms with Crippen LogP contribution in [-0.4, -0.2) is 4.98 Å². The van der Waals surface area contributed by atoms with E-state index in [0.717, 1.165) is 6.07 Å². The van der Waals surface area contributed by atoms with Gasteiger partial charge in [0.15, 0.2) is 0 Å². The molecule has 0 unspecified atom stereocenters. The number of hydrogen-bond acceptors (Lipinski definition) is 1. The molecule has 98 valence electrons. The van der Waals surface area contributed by atoms with E-state index in [1.165, 1.54) is 18.2 Å². The molecule has 19 heavy (non-hydrogen) atoms. The van der Waals surface area contributed by atoms with Crippen molar-refractivity contribution in [2.45, 2.75) is 6.18 Å². The monoisotopic (exact) mass is 304 g/mol. The fourth-order valence-electron chi connectivity index (χ4n) is 1.62. The van der Waals surface area contributed by atoms with Gasteiger partial charge in [0.1, 0.15) is 11.8 Å². The third-order valence-corrected chi connectivity index (χ3v) is 2.83. The molecule has 1 aromatic heterocycles. The van der Waals surface area contributed by atoms with E-state index >= 15 is 0 Å². The average molecular weight is 305 g/mol. The zero-order valence-electron chi connectivity index (χ0n) is 9.15. The van der Waals surface area contributed by atoms with Crippen LogP contribution in [0.1, 0.15) is 11.3 Å². The first-order valence-electron chi connectivity index (χ1n) is 4.98. The SMILES string of the molecule is N#Cc1cc(C(F)(F)F)[nH]c1-c1cc(Cl)cc(Cl)c1. The summed E-state index contributed by atoms with van der Waals surface area (Å²) in [5.41, 5.74) is -0.746. The van der Waals surface area contributed by atoms with E-state index in [0.29, 0.717) is 5.56 Å². The zero-order valence-corrected chi connectivity index (χ0v) is 10.7. The van der Waals surface area contributed by atoms with E-state index in [9.17, 15) is 13.2 Å². The molecule has 1 N–H and O–H groups in total. The summed E-state index contributed by atoms with van der Waals surface area (Å²) in [4.78, 5) is 2.18. The first kappa shape index (κ1) is 13.8. The second-order valence-corrected chi connectivity index (χ2v) is 4.61. The normalized spacial score (nSPS) is 11.4. The first-order chi connectivity index (χ1) is 8.81. The molecule has 2 aromatic rings. The number of nitrogens with one attached hydrogen (secondary N) is 1. The van der Waals surface area contributed by atoms with E-state index in [2.05, 4.69) is 4.98 Å². The lowest BCUT2D eigenvalue weighted by atomic mass is 10.1. The highest BCUT2D eigenvalue weighted by molar-refractivity contribution is 6.35. The molecule has 7 heteroatoms. The molecule has 0 fully saturated rings. The zero-order chi connectivity index (χ0) is 14.2. The molecule has 0 saturated heterocycles. The summed E-state index contributed by atoms with van der Waals surface area (Å²) >= 11 is 11.6. The lowest BCUT2D eigenvalue weighted by Gasteiger charge is -2.04. The maximum absolute atomic E-state index is 12.6. The average Bonchev–Trinajstić information content (AvgIpc) is 2.71. The molecule has 0 aliphatic rings. The molecule has 0 bridgehead atoms. The Hall–Kier alpha value is -1.64. The third-order valence-electron chi connectivity index (χ3n) is 2.39. The van der Waals surface area contributed by atoms with Gasteiger partial charge >= 0.3 is 6.18 Å². The van der Waals surface area contributed by atoms with Crippen molar-refractivity contribution in [2.75, 3.05) is 0 Å². The summed E-state index contributed by atoms with van der Waals surface area (Å²) < 4.78 is 37.8. The van der Waals surface area contributed by atoms with Crippen LogP contribution in [0.25, 0.3) is 11.3 Å². The number of aromatic nitrogens is 1. The van der Waals surface area contributed by atoms with Gasteiger partial charge in [0.2, 0.25) is 0 Å². The first-order valence-corrected chi connectivity index (χ1v) is 5.73. The van der Waals surface area contributed by atoms with Gasteiger partial charge in [0.25, 0.3) is 0 Å². The second-order valence-electron chi connectivity index (χ2n) is 3.74. The Kier molecular flexibility index (Phi) is 3.48. The number of aromatic amines is 1. The minimum Gasteiger partial charge on any atom is -0.350 e. The fraction of sp³-hybridized carbons (Fsp3) is 0.0833. The Balaban J connectivity index is 2.62. The molecule has 0 amide bonds. The van der Waals surface area contributed by atoms with Crippen LogP contribution in [-0.2, 0) is 6.18 Å². The fourth-order valence-corrected chi connectivity index (χ4v) is 2.15. The van der Waals surface area contributed by atoms with Crippen molar-refractivity contribution in [2.24, 2.45) is 0 Å². The van der Waals surface area contributed by atoms with Gasteiger partial charge in [-0.3, -0.25) is 0 Å². The van der Waals surface area contributed by atoms with Gasteiger partial charge in [0, 0.05) is 15.6 Å². The van der Waals surface area contributed by atoms with Crippen LogP contribution in [0.3, 0.4) is 0 Å². The lowest BCUT2D eigenvalue weighted by molar-refractivity contribution is -0.140. The predicted octanol–water partition coefficient (Wildman–Crippen LogP) is 4.88. The van der Waals surface area contributed by atoms with Crippen molar-refractivity contribution >= 4 is 23.2 Å². The quantitative estimate of drug-likeness (QED) is 0.801. The van der Waals surface area contributed by atoms with E-state index in [4.69, 9.17) is 28.5 Å². The standard InChI is InChI=1S/C12H5Cl2F3N2/c13-8-1-6(2-9(14)4-8)11-7(5-18)3-10(19-11)12(15,16)17/h1-4,19H. The van der Waals surface area contributed by atoms with Crippen LogP contribution in [0.2, 0.25) is 10.0 Å². The van der Waals surface area contributed by atoms with Crippen molar-refractivity contribution in [3.8, 4) is 17.3 Å². The van der Waals surface area contributed by atoms with E-state index < -0.39 is 11.9 Å². The minimum atomic E-state index is -4.55. The Labute approximate surface area is 116 Å². The number of rotatable bonds is 1. The van der Waals surface area contributed by atoms with Gasteiger partial charge in [0.05, 0.1) is 11.3 Å². The van der Waals surface area contributed by atoms with Crippen LogP contribution >= 0.6 is 23.2 Å². The Morgan fingerprint density at radius 2 is 1.63 bits per heavy atom. The Morgan fingerprint density at radius 1 is 1.05 bits per heavy atom. The summed E-state index contributed by atoms with van der Waals surface area (Å²) in [6, 6.07) is 6.77. The van der Waals surface area contributed by atoms with E-state index in [1.807, 2.05) is 0 Å². The summed E-state index contributed by atoms with van der Waals surface area (Å²) in [7, 11) is 0. The molecule has 2 rings (SSSR count). The largest absolute Gasteiger partial charge is 0.431 e. The van der Waals surface area contributed by atoms with Crippen LogP contribution in [0.15, 0.2) is 24.3 Å². The van der Waals surface area contributed by atoms with Gasteiger partial charge in [-0.15, -0.1) is 0 Å². The molecule has 0 spiro atoms. The molecule has 1 heterocycles. The van der Waals surface area contributed by atoms with E-state index in [-0.39, 0.29) is 21.3 Å². The number of benzene rings is 1. The number of nitrogens with zero attached hydrogens (tertiary/aromatic N) is 1. The van der Waals surface area contributed by atoms with Crippen LogP contribution in [0, 0.1) is 11.3 Å². The van der Waals surface area contributed by atoms with Crippen LogP contribution in [0.4, 0.5) is 13.2 Å². The molecule has 0 aliphatic carbocycles. The Morgan fingerprint density at radius 3 is 2.11 bits per heavy atom. The number of hydrogen-bond donors (Lipinski definition) is 1. The van der Waals surface area contributed by atoms with Crippen molar-refractivity contribution in [3.63, 3.8) is 0 Å². The van der Waals surface area contributed by atoms with Gasteiger partial charge < -0.3 is 4.98 Å². The van der Waals surface area contributed by atoms with Crippen molar-refractivity contribution < 1.29 is 13.2 Å². The molecule has 0 aliphatic heterocycles. The molecule has 0 radical (unpaired) electrons. The number of nitriles is 1. The Bertz CT molecular complexity index is 648. The third kappa shape index (κ3) is 2.86. The maximum atomic E-state index is 12.6. The molecular weight excluding hydrogens is 300 g/mol. The summed E-state index contributed by atoms with van der Waals surface area (Å²) in [6.45, 7) is 0. The molecule has 0 atom stereocenters. The maximum Gasteiger partial charge on any atom is 0.431 e. The topological polar surface area (TPSA) is 39.6 Å². The molecular formula is C12H5Cl2F3N2. The van der Waals surface area contributed by atoms with Gasteiger partial charge in [-0.1, -0.05) is 23.2 Å². The summed E-state index contributed by atoms with van der Waals surface area (Å²) in [6.07, 6.45) is -4.55. The van der Waals surface area contributed by atoms with Crippen molar-refractivity contribution in [1.29, 1.82) is 5.26 Å². The number of halogens is 5. The molecule has 0 saturated carbocycles. The highest BCUT2D eigenvalue weighted by atomic mass is 35.5. The van der Waals surface area contributed by atoms with Gasteiger partial charge in [-0.25, -0.2) is 0 Å². The second kappa shape index (κ2) is 4.80.